The molecule has 4 rings (SSSR count). The number of ketones is 1. The van der Waals surface area contributed by atoms with Crippen molar-refractivity contribution in [1.82, 2.24) is 21.3 Å². The maximum Gasteiger partial charge on any atom is 0.289 e. The lowest BCUT2D eigenvalue weighted by Gasteiger charge is -2.24. The smallest absolute Gasteiger partial charge is 0.289 e. The third-order valence-electron chi connectivity index (χ3n) is 7.95. The number of Topliss-reactive ketones (excluding diaryl/α,β-unsaturated/α-hetero) is 1. The predicted octanol–water partition coefficient (Wildman–Crippen LogP) is 3.78. The van der Waals surface area contributed by atoms with Crippen LogP contribution in [0.2, 0.25) is 0 Å². The number of carbonyl (C=O) groups is 5. The van der Waals surface area contributed by atoms with Crippen LogP contribution in [-0.4, -0.2) is 47.5 Å². The van der Waals surface area contributed by atoms with E-state index in [0.717, 1.165) is 34.2 Å². The molecule has 3 atom stereocenters. The van der Waals surface area contributed by atoms with Crippen molar-refractivity contribution in [3.8, 4) is 11.1 Å². The molecular formula is C36H42N4O5. The van der Waals surface area contributed by atoms with E-state index in [0.29, 0.717) is 19.3 Å². The lowest BCUT2D eigenvalue weighted by atomic mass is 9.96. The van der Waals surface area contributed by atoms with Crippen molar-refractivity contribution in [2.75, 3.05) is 0 Å². The Bertz CT molecular complexity index is 1510. The Morgan fingerprint density at radius 1 is 0.844 bits per heavy atom. The number of hydrogen-bond donors (Lipinski definition) is 4. The summed E-state index contributed by atoms with van der Waals surface area (Å²) in [5.74, 6) is -2.85. The second-order valence-electron chi connectivity index (χ2n) is 11.5. The molecule has 0 aliphatic carbocycles. The van der Waals surface area contributed by atoms with Crippen molar-refractivity contribution >= 4 is 29.4 Å². The van der Waals surface area contributed by atoms with E-state index in [2.05, 4.69) is 33.4 Å². The van der Waals surface area contributed by atoms with E-state index in [1.165, 1.54) is 0 Å². The molecule has 0 unspecified atom stereocenters. The largest absolute Gasteiger partial charge is 0.345 e. The van der Waals surface area contributed by atoms with Crippen molar-refractivity contribution in [2.24, 2.45) is 0 Å². The highest BCUT2D eigenvalue weighted by Crippen LogP contribution is 2.23. The summed E-state index contributed by atoms with van der Waals surface area (Å²) in [7, 11) is 0. The molecule has 3 aromatic carbocycles. The van der Waals surface area contributed by atoms with E-state index in [4.69, 9.17) is 0 Å². The summed E-state index contributed by atoms with van der Waals surface area (Å²) in [6, 6.07) is 22.3. The van der Waals surface area contributed by atoms with Gasteiger partial charge in [0.15, 0.2) is 0 Å². The standard InChI is InChI=1S/C36H42N4O5/c1-3-4-16-30(33(42)36(45)37-23-27-10-6-5-7-11-27)39-35(44)31-19-17-25-12-8-14-28(21-25)29-15-9-13-26(22-29)18-20-32(41)38-24(2)34(43)40-31/h5-15,21-22,24,30-31H,3-4,16-20,23H2,1-2H3,(H,37,45)(H,38,41)(H,39,44)(H,40,43)/t24-,30-,31-/m0/s1. The summed E-state index contributed by atoms with van der Waals surface area (Å²) in [4.78, 5) is 65.5. The van der Waals surface area contributed by atoms with Crippen LogP contribution in [0.5, 0.6) is 0 Å². The Kier molecular flexibility index (Phi) is 12.0. The van der Waals surface area contributed by atoms with Gasteiger partial charge in [-0.1, -0.05) is 98.6 Å². The Balaban J connectivity index is 1.53. The number of hydrogen-bond acceptors (Lipinski definition) is 5. The lowest BCUT2D eigenvalue weighted by molar-refractivity contribution is -0.140. The van der Waals surface area contributed by atoms with Crippen LogP contribution >= 0.6 is 0 Å². The first-order chi connectivity index (χ1) is 21.7. The number of benzene rings is 3. The molecule has 4 amide bonds. The molecule has 4 bridgehead atoms. The second kappa shape index (κ2) is 16.3. The summed E-state index contributed by atoms with van der Waals surface area (Å²) >= 11 is 0. The maximum atomic E-state index is 13.7. The van der Waals surface area contributed by atoms with Gasteiger partial charge in [-0.3, -0.25) is 24.0 Å². The summed E-state index contributed by atoms with van der Waals surface area (Å²) in [6.45, 7) is 3.71. The van der Waals surface area contributed by atoms with E-state index in [1.54, 1.807) is 6.92 Å². The van der Waals surface area contributed by atoms with E-state index >= 15 is 0 Å². The van der Waals surface area contributed by atoms with Gasteiger partial charge in [0, 0.05) is 13.0 Å². The number of fused-ring (bicyclic) bond motifs is 5. The minimum absolute atomic E-state index is 0.186. The molecule has 0 radical (unpaired) electrons. The van der Waals surface area contributed by atoms with Gasteiger partial charge in [-0.15, -0.1) is 0 Å². The molecule has 0 aromatic heterocycles. The minimum atomic E-state index is -1.04. The number of aryl methyl sites for hydroxylation is 2. The average molecular weight is 611 g/mol. The molecule has 1 aliphatic rings. The van der Waals surface area contributed by atoms with Crippen molar-refractivity contribution in [3.63, 3.8) is 0 Å². The Morgan fingerprint density at radius 2 is 1.51 bits per heavy atom. The summed E-state index contributed by atoms with van der Waals surface area (Å²) < 4.78 is 0. The van der Waals surface area contributed by atoms with Crippen molar-refractivity contribution in [1.29, 1.82) is 0 Å². The molecule has 4 N–H and O–H groups in total. The van der Waals surface area contributed by atoms with Crippen molar-refractivity contribution in [3.05, 3.63) is 95.6 Å². The van der Waals surface area contributed by atoms with Gasteiger partial charge in [-0.05, 0) is 60.4 Å². The number of carbonyl (C=O) groups excluding carboxylic acids is 5. The van der Waals surface area contributed by atoms with Gasteiger partial charge in [-0.2, -0.15) is 0 Å². The predicted molar refractivity (Wildman–Crippen MR) is 173 cm³/mol. The first kappa shape index (κ1) is 33.1. The minimum Gasteiger partial charge on any atom is -0.345 e. The molecule has 0 fully saturated rings. The highest BCUT2D eigenvalue weighted by Gasteiger charge is 2.31. The van der Waals surface area contributed by atoms with Crippen LogP contribution in [0.1, 0.15) is 62.6 Å². The Hall–Kier alpha value is -4.79. The number of amides is 4. The maximum absolute atomic E-state index is 13.7. The number of unbranched alkanes of at least 4 members (excludes halogenated alkanes) is 1. The molecule has 45 heavy (non-hydrogen) atoms. The van der Waals surface area contributed by atoms with Crippen LogP contribution in [0.3, 0.4) is 0 Å². The van der Waals surface area contributed by atoms with Crippen LogP contribution < -0.4 is 21.3 Å². The van der Waals surface area contributed by atoms with Gasteiger partial charge >= 0.3 is 0 Å². The molecule has 236 valence electrons. The molecule has 9 heteroatoms. The van der Waals surface area contributed by atoms with Gasteiger partial charge in [0.25, 0.3) is 5.91 Å². The Morgan fingerprint density at radius 3 is 2.18 bits per heavy atom. The molecular weight excluding hydrogens is 568 g/mol. The molecule has 0 saturated heterocycles. The van der Waals surface area contributed by atoms with Crippen molar-refractivity contribution < 1.29 is 24.0 Å². The van der Waals surface area contributed by atoms with Gasteiger partial charge in [0.1, 0.15) is 12.1 Å². The third-order valence-corrected chi connectivity index (χ3v) is 7.95. The first-order valence-corrected chi connectivity index (χ1v) is 15.7. The lowest BCUT2D eigenvalue weighted by Crippen LogP contribution is -2.56. The fraction of sp³-hybridized carbons (Fsp3) is 0.361. The first-order valence-electron chi connectivity index (χ1n) is 15.7. The van der Waals surface area contributed by atoms with Gasteiger partial charge < -0.3 is 21.3 Å². The topological polar surface area (TPSA) is 133 Å². The Labute approximate surface area is 264 Å². The molecule has 9 nitrogen and oxygen atoms in total. The molecule has 1 heterocycles. The highest BCUT2D eigenvalue weighted by atomic mass is 16.2. The van der Waals surface area contributed by atoms with Crippen LogP contribution in [0, 0.1) is 0 Å². The van der Waals surface area contributed by atoms with E-state index in [1.807, 2.05) is 73.7 Å². The van der Waals surface area contributed by atoms with Crippen LogP contribution in [0.15, 0.2) is 78.9 Å². The normalized spacial score (nSPS) is 17.7. The summed E-state index contributed by atoms with van der Waals surface area (Å²) in [5.41, 5.74) is 4.89. The summed E-state index contributed by atoms with van der Waals surface area (Å²) in [5, 5.41) is 10.9. The monoisotopic (exact) mass is 610 g/mol. The second-order valence-corrected chi connectivity index (χ2v) is 11.5. The fourth-order valence-corrected chi connectivity index (χ4v) is 5.30. The molecule has 3 aromatic rings. The van der Waals surface area contributed by atoms with E-state index < -0.39 is 41.6 Å². The fourth-order valence-electron chi connectivity index (χ4n) is 5.30. The van der Waals surface area contributed by atoms with Crippen LogP contribution in [0.25, 0.3) is 11.1 Å². The molecule has 0 saturated carbocycles. The van der Waals surface area contributed by atoms with Gasteiger partial charge in [0.05, 0.1) is 6.04 Å². The SMILES string of the molecule is CCCC[C@H](NC(=O)[C@@H]1CCc2cccc(c2)-c2cccc(c2)CCC(=O)N[C@@H](C)C(=O)N1)C(=O)C(=O)NCc1ccccc1. The molecule has 1 aliphatic heterocycles. The number of nitrogens with one attached hydrogen (secondary N) is 4. The zero-order valence-electron chi connectivity index (χ0n) is 25.9. The average Bonchev–Trinajstić information content (AvgIpc) is 3.06. The van der Waals surface area contributed by atoms with E-state index in [9.17, 15) is 24.0 Å². The summed E-state index contributed by atoms with van der Waals surface area (Å²) in [6.07, 6.45) is 3.12. The van der Waals surface area contributed by atoms with Gasteiger partial charge in [-0.25, -0.2) is 0 Å². The number of rotatable bonds is 9. The zero-order chi connectivity index (χ0) is 32.2. The van der Waals surface area contributed by atoms with Gasteiger partial charge in [0.2, 0.25) is 23.5 Å². The van der Waals surface area contributed by atoms with E-state index in [-0.39, 0.29) is 31.7 Å². The molecule has 0 spiro atoms. The highest BCUT2D eigenvalue weighted by molar-refractivity contribution is 6.38. The van der Waals surface area contributed by atoms with Crippen molar-refractivity contribution in [2.45, 2.75) is 83.5 Å². The van der Waals surface area contributed by atoms with Crippen LogP contribution in [-0.2, 0) is 43.4 Å². The van der Waals surface area contributed by atoms with Crippen LogP contribution in [0.4, 0.5) is 0 Å². The quantitative estimate of drug-likeness (QED) is 0.274. The third kappa shape index (κ3) is 9.86. The zero-order valence-corrected chi connectivity index (χ0v) is 25.9.